The Hall–Kier alpha value is -3.71. The molecule has 27 heteroatoms. The maximum Gasteiger partial charge on any atom is 0.486 e. The van der Waals surface area contributed by atoms with Crippen LogP contribution in [0.4, 0.5) is 4.79 Å². The Bertz CT molecular complexity index is 1860. The summed E-state index contributed by atoms with van der Waals surface area (Å²) in [6.07, 6.45) is 3.04. The van der Waals surface area contributed by atoms with Gasteiger partial charge in [-0.15, -0.1) is 0 Å². The molecule has 4 amide bonds. The minimum absolute atomic E-state index is 0.0212. The van der Waals surface area contributed by atoms with Crippen LogP contribution >= 0.6 is 24.0 Å². The van der Waals surface area contributed by atoms with Gasteiger partial charge in [-0.1, -0.05) is 35.9 Å². The second-order valence-electron chi connectivity index (χ2n) is 13.3. The monoisotopic (exact) mass is 905 g/mol. The molecule has 1 aromatic rings. The fourth-order valence-corrected chi connectivity index (χ4v) is 9.08. The number of nitrogens with one attached hydrogen (secondary N) is 4. The molecule has 1 aliphatic carbocycles. The third-order valence-corrected chi connectivity index (χ3v) is 12.5. The highest BCUT2D eigenvalue weighted by Crippen LogP contribution is 2.64. The van der Waals surface area contributed by atoms with Crippen LogP contribution in [0.15, 0.2) is 41.2 Å². The first-order valence-electron chi connectivity index (χ1n) is 18.7. The number of nitrogens with zero attached hydrogens (tertiary/aromatic N) is 4. The van der Waals surface area contributed by atoms with Crippen molar-refractivity contribution in [1.29, 1.82) is 0 Å². The molecular formula is C33H50N9O15P3. The molecule has 3 aliphatic rings. The van der Waals surface area contributed by atoms with Crippen LogP contribution in [-0.2, 0) is 41.3 Å². The molecule has 4 rings (SSSR count). The van der Waals surface area contributed by atoms with Crippen molar-refractivity contribution in [1.82, 2.24) is 26.2 Å². The number of phosphoric ester groups is 1. The normalized spacial score (nSPS) is 22.1. The first kappa shape index (κ1) is 49.0. The molecule has 0 bridgehead atoms. The number of urea groups is 1. The molecule has 0 spiro atoms. The van der Waals surface area contributed by atoms with Gasteiger partial charge >= 0.3 is 21.7 Å². The zero-order valence-electron chi connectivity index (χ0n) is 32.6. The molecule has 1 aromatic carbocycles. The van der Waals surface area contributed by atoms with E-state index < -0.39 is 67.3 Å². The number of amides is 4. The van der Waals surface area contributed by atoms with E-state index in [4.69, 9.17) is 39.6 Å². The molecule has 332 valence electrons. The lowest BCUT2D eigenvalue weighted by Gasteiger charge is -2.32. The molecule has 5 unspecified atom stereocenters. The van der Waals surface area contributed by atoms with Crippen LogP contribution in [0.5, 0.6) is 5.75 Å². The summed E-state index contributed by atoms with van der Waals surface area (Å²) in [6, 6.07) is 6.48. The van der Waals surface area contributed by atoms with Crippen LogP contribution in [0.1, 0.15) is 48.9 Å². The summed E-state index contributed by atoms with van der Waals surface area (Å²) >= 11 is 0. The summed E-state index contributed by atoms with van der Waals surface area (Å²) in [5.41, 5.74) is 15.7. The van der Waals surface area contributed by atoms with Gasteiger partial charge in [0.2, 0.25) is 5.91 Å². The molecule has 1 saturated carbocycles. The number of hydrogen-bond donors (Lipinski definition) is 8. The lowest BCUT2D eigenvalue weighted by atomic mass is 10.2. The quantitative estimate of drug-likeness (QED) is 0.0184. The molecular weight excluding hydrogens is 855 g/mol. The van der Waals surface area contributed by atoms with Crippen LogP contribution in [0.2, 0.25) is 0 Å². The molecule has 0 aromatic heterocycles. The van der Waals surface area contributed by atoms with Gasteiger partial charge in [-0.25, -0.2) is 18.2 Å². The van der Waals surface area contributed by atoms with Crippen LogP contribution in [0.3, 0.4) is 0 Å². The van der Waals surface area contributed by atoms with Gasteiger partial charge in [0, 0.05) is 42.5 Å². The van der Waals surface area contributed by atoms with E-state index in [2.05, 4.69) is 51.8 Å². The highest BCUT2D eigenvalue weighted by atomic mass is 31.3. The zero-order chi connectivity index (χ0) is 43.5. The summed E-state index contributed by atoms with van der Waals surface area (Å²) in [4.78, 5) is 69.8. The Balaban J connectivity index is 1.12. The Morgan fingerprint density at radius 2 is 1.95 bits per heavy atom. The number of nitrogens with two attached hydrogens (primary N) is 1. The molecule has 60 heavy (non-hydrogen) atoms. The van der Waals surface area contributed by atoms with E-state index in [0.717, 1.165) is 19.5 Å². The third kappa shape index (κ3) is 17.7. The topological polar surface area (TPSA) is 337 Å². The van der Waals surface area contributed by atoms with Gasteiger partial charge in [-0.2, -0.15) is 4.31 Å². The Kier molecular flexibility index (Phi) is 20.1. The third-order valence-electron chi connectivity index (χ3n) is 8.62. The number of rotatable bonds is 24. The number of carbonyl (C=O) groups excluding carboxylic acids is 3. The summed E-state index contributed by atoms with van der Waals surface area (Å²) in [5.74, 6) is 5.16. The first-order valence-corrected chi connectivity index (χ1v) is 23.4. The van der Waals surface area contributed by atoms with E-state index in [1.807, 2.05) is 0 Å². The van der Waals surface area contributed by atoms with Crippen molar-refractivity contribution in [3.05, 3.63) is 52.0 Å². The largest absolute Gasteiger partial charge is 0.491 e. The predicted octanol–water partition coefficient (Wildman–Crippen LogP) is 2.00. The highest BCUT2D eigenvalue weighted by molar-refractivity contribution is 7.66. The van der Waals surface area contributed by atoms with Crippen molar-refractivity contribution in [3.63, 3.8) is 0 Å². The lowest BCUT2D eigenvalue weighted by Crippen LogP contribution is -2.54. The van der Waals surface area contributed by atoms with Crippen molar-refractivity contribution in [2.45, 2.75) is 69.3 Å². The van der Waals surface area contributed by atoms with Crippen LogP contribution < -0.4 is 31.7 Å². The van der Waals surface area contributed by atoms with Crippen LogP contribution in [0.25, 0.3) is 10.4 Å². The molecule has 7 atom stereocenters. The molecule has 2 fully saturated rings. The summed E-state index contributed by atoms with van der Waals surface area (Å²) in [6.45, 7) is 1.06. The van der Waals surface area contributed by atoms with Gasteiger partial charge in [0.1, 0.15) is 31.4 Å². The fourth-order valence-electron chi connectivity index (χ4n) is 5.91. The summed E-state index contributed by atoms with van der Waals surface area (Å²) in [5, 5.41) is 15.0. The Morgan fingerprint density at radius 1 is 1.17 bits per heavy atom. The summed E-state index contributed by atoms with van der Waals surface area (Å²) < 4.78 is 59.2. The molecule has 1 saturated heterocycles. The zero-order valence-corrected chi connectivity index (χ0v) is 35.3. The maximum absolute atomic E-state index is 12.6. The second-order valence-corrected chi connectivity index (χ2v) is 17.6. The number of ether oxygens (including phenoxy) is 4. The van der Waals surface area contributed by atoms with Crippen molar-refractivity contribution < 1.29 is 70.3 Å². The van der Waals surface area contributed by atoms with Crippen LogP contribution in [0, 0.1) is 11.8 Å². The average molecular weight is 906 g/mol. The number of hydrogen-bond acceptors (Lipinski definition) is 16. The van der Waals surface area contributed by atoms with Crippen molar-refractivity contribution in [2.24, 2.45) is 10.8 Å². The smallest absolute Gasteiger partial charge is 0.486 e. The van der Waals surface area contributed by atoms with Gasteiger partial charge in [-0.3, -0.25) is 19.0 Å². The van der Waals surface area contributed by atoms with E-state index in [9.17, 15) is 33.3 Å². The highest BCUT2D eigenvalue weighted by Gasteiger charge is 2.40. The number of benzene rings is 1. The number of azide groups is 1. The van der Waals surface area contributed by atoms with E-state index in [-0.39, 0.29) is 57.3 Å². The fraction of sp³-hybridized carbons (Fsp3) is 0.606. The lowest BCUT2D eigenvalue weighted by molar-refractivity contribution is -0.126. The SMILES string of the molecule is CP(O)OP(=O)(O)OP(=O)(O)OC[C@@H]1CC[C@H](N2C=C(C#CCNC(=O)COCCOC(COc3cccc(C(=O)NCCNC4CCCC4)c3)N=[N+]=[N-])C(N)NC2=O)O1. The van der Waals surface area contributed by atoms with Gasteiger partial charge in [0.25, 0.3) is 5.91 Å². The Morgan fingerprint density at radius 3 is 2.70 bits per heavy atom. The molecule has 2 aliphatic heterocycles. The van der Waals surface area contributed by atoms with E-state index in [1.54, 1.807) is 24.3 Å². The molecule has 24 nitrogen and oxygen atoms in total. The van der Waals surface area contributed by atoms with Crippen molar-refractivity contribution >= 4 is 41.9 Å². The summed E-state index contributed by atoms with van der Waals surface area (Å²) in [7, 11) is -12.6. The van der Waals surface area contributed by atoms with Gasteiger partial charge < -0.3 is 60.6 Å². The maximum atomic E-state index is 12.6. The number of carbonyl (C=O) groups is 3. The minimum atomic E-state index is -5.09. The minimum Gasteiger partial charge on any atom is -0.491 e. The van der Waals surface area contributed by atoms with Crippen molar-refractivity contribution in [3.8, 4) is 17.6 Å². The van der Waals surface area contributed by atoms with E-state index in [0.29, 0.717) is 30.4 Å². The molecule has 9 N–H and O–H groups in total. The molecule has 0 radical (unpaired) electrons. The van der Waals surface area contributed by atoms with E-state index in [1.165, 1.54) is 23.9 Å². The van der Waals surface area contributed by atoms with Gasteiger partial charge in [0.05, 0.1) is 38.0 Å². The molecule has 2 heterocycles. The van der Waals surface area contributed by atoms with Gasteiger partial charge in [-0.05, 0) is 49.4 Å². The number of phosphoric acid groups is 2. The average Bonchev–Trinajstić information content (AvgIpc) is 3.89. The second kappa shape index (κ2) is 24.7. The van der Waals surface area contributed by atoms with E-state index >= 15 is 0 Å². The van der Waals surface area contributed by atoms with Crippen molar-refractivity contribution in [2.75, 3.05) is 59.3 Å². The van der Waals surface area contributed by atoms with Crippen LogP contribution in [-0.4, -0.2) is 128 Å². The van der Waals surface area contributed by atoms with Gasteiger partial charge in [0.15, 0.2) is 14.6 Å². The standard InChI is InChI=1S/C33H50N9O15P3/c1-58(46)56-60(49,50)57-59(47,48)54-20-27-11-12-30(55-27)42-19-24(31(34)39-33(42)45)7-5-13-37-28(43)21-51-16-17-52-29(40-41-35)22-53-26-10-4-6-23(18-26)32(44)38-15-14-36-25-8-2-3-9-25/h4,6,10,18-19,25,27,29-31,36,46H,2-3,8-9,11-17,20-22,34H2,1H3,(H,37,43)(H,38,44)(H,39,45)(H,47,48)(H,49,50)/t27-,29?,30+,31?,58?/m0/s1. The Labute approximate surface area is 346 Å². The first-order chi connectivity index (χ1) is 28.6. The predicted molar refractivity (Wildman–Crippen MR) is 212 cm³/mol.